The summed E-state index contributed by atoms with van der Waals surface area (Å²) in [5.74, 6) is 0.176. The first-order valence-electron chi connectivity index (χ1n) is 6.57. The monoisotopic (exact) mass is 299 g/mol. The van der Waals surface area contributed by atoms with E-state index in [1.807, 2.05) is 36.1 Å². The van der Waals surface area contributed by atoms with E-state index < -0.39 is 0 Å². The molecular weight excluding hydrogens is 278 g/mol. The topological polar surface area (TPSA) is 20.3 Å². The first kappa shape index (κ1) is 16.4. The second kappa shape index (κ2) is 7.20. The third kappa shape index (κ3) is 4.73. The van der Waals surface area contributed by atoms with Crippen LogP contribution >= 0.6 is 23.4 Å². The van der Waals surface area contributed by atoms with Crippen LogP contribution in [0.25, 0.3) is 0 Å². The van der Waals surface area contributed by atoms with Gasteiger partial charge in [0.2, 0.25) is 5.91 Å². The molecule has 0 aliphatic rings. The average molecular weight is 300 g/mol. The van der Waals surface area contributed by atoms with E-state index in [4.69, 9.17) is 11.6 Å². The molecular formula is C15H22ClNOS. The molecule has 1 aromatic rings. The van der Waals surface area contributed by atoms with Gasteiger partial charge in [-0.2, -0.15) is 0 Å². The normalized spacial score (nSPS) is 12.8. The van der Waals surface area contributed by atoms with Crippen molar-refractivity contribution >= 4 is 29.3 Å². The van der Waals surface area contributed by atoms with Gasteiger partial charge in [0, 0.05) is 22.0 Å². The van der Waals surface area contributed by atoms with Gasteiger partial charge in [-0.1, -0.05) is 17.7 Å². The summed E-state index contributed by atoms with van der Waals surface area (Å²) in [7, 11) is 0. The Kier molecular flexibility index (Phi) is 6.21. The third-order valence-corrected chi connectivity index (χ3v) is 4.14. The lowest BCUT2D eigenvalue weighted by molar-refractivity contribution is -0.133. The molecule has 0 spiro atoms. The van der Waals surface area contributed by atoms with Crippen LogP contribution in [0.3, 0.4) is 0 Å². The van der Waals surface area contributed by atoms with Crippen molar-refractivity contribution in [3.8, 4) is 0 Å². The first-order chi connectivity index (χ1) is 8.82. The highest BCUT2D eigenvalue weighted by Gasteiger charge is 2.25. The molecule has 0 radical (unpaired) electrons. The Balaban J connectivity index is 2.76. The molecule has 0 aromatic heterocycles. The van der Waals surface area contributed by atoms with E-state index >= 15 is 0 Å². The van der Waals surface area contributed by atoms with Gasteiger partial charge in [0.25, 0.3) is 0 Å². The molecule has 4 heteroatoms. The number of halogens is 1. The third-order valence-electron chi connectivity index (χ3n) is 2.82. The molecule has 2 nitrogen and oxygen atoms in total. The number of hydrogen-bond donors (Lipinski definition) is 0. The van der Waals surface area contributed by atoms with Gasteiger partial charge < -0.3 is 4.90 Å². The SMILES string of the molecule is CC(Sc1cccc(Cl)c1)C(=O)N(C(C)C)C(C)C. The molecule has 0 saturated heterocycles. The zero-order chi connectivity index (χ0) is 14.6. The van der Waals surface area contributed by atoms with Crippen LogP contribution in [0.4, 0.5) is 0 Å². The highest BCUT2D eigenvalue weighted by Crippen LogP contribution is 2.27. The van der Waals surface area contributed by atoms with E-state index in [0.717, 1.165) is 4.90 Å². The van der Waals surface area contributed by atoms with Crippen LogP contribution in [0.5, 0.6) is 0 Å². The van der Waals surface area contributed by atoms with E-state index in [0.29, 0.717) is 5.02 Å². The van der Waals surface area contributed by atoms with Crippen molar-refractivity contribution < 1.29 is 4.79 Å². The number of rotatable bonds is 5. The van der Waals surface area contributed by atoms with Crippen molar-refractivity contribution in [1.82, 2.24) is 4.90 Å². The van der Waals surface area contributed by atoms with Gasteiger partial charge in [0.15, 0.2) is 0 Å². The van der Waals surface area contributed by atoms with Crippen molar-refractivity contribution in [3.05, 3.63) is 29.3 Å². The molecule has 0 N–H and O–H groups in total. The summed E-state index contributed by atoms with van der Waals surface area (Å²) in [5.41, 5.74) is 0. The predicted molar refractivity (Wildman–Crippen MR) is 83.9 cm³/mol. The Hall–Kier alpha value is -0.670. The Morgan fingerprint density at radius 3 is 2.21 bits per heavy atom. The highest BCUT2D eigenvalue weighted by molar-refractivity contribution is 8.00. The van der Waals surface area contributed by atoms with E-state index in [9.17, 15) is 4.79 Å². The lowest BCUT2D eigenvalue weighted by atomic mass is 10.2. The Labute approximate surface area is 125 Å². The van der Waals surface area contributed by atoms with E-state index in [1.54, 1.807) is 11.8 Å². The molecule has 0 aliphatic carbocycles. The van der Waals surface area contributed by atoms with Crippen molar-refractivity contribution in [3.63, 3.8) is 0 Å². The number of nitrogens with zero attached hydrogens (tertiary/aromatic N) is 1. The molecule has 1 amide bonds. The van der Waals surface area contributed by atoms with Crippen molar-refractivity contribution in [2.45, 2.75) is 56.8 Å². The number of benzene rings is 1. The zero-order valence-corrected chi connectivity index (χ0v) is 13.8. The fourth-order valence-electron chi connectivity index (χ4n) is 2.11. The summed E-state index contributed by atoms with van der Waals surface area (Å²) in [5, 5.41) is 0.595. The predicted octanol–water partition coefficient (Wildman–Crippen LogP) is 4.47. The highest BCUT2D eigenvalue weighted by atomic mass is 35.5. The molecule has 0 heterocycles. The molecule has 1 rings (SSSR count). The van der Waals surface area contributed by atoms with Gasteiger partial charge in [-0.25, -0.2) is 0 Å². The van der Waals surface area contributed by atoms with Crippen LogP contribution in [-0.4, -0.2) is 28.1 Å². The van der Waals surface area contributed by atoms with Crippen LogP contribution in [0.15, 0.2) is 29.2 Å². The van der Waals surface area contributed by atoms with Crippen LogP contribution in [0, 0.1) is 0 Å². The van der Waals surface area contributed by atoms with E-state index in [2.05, 4.69) is 27.7 Å². The summed E-state index contributed by atoms with van der Waals surface area (Å²) in [4.78, 5) is 15.4. The minimum atomic E-state index is -0.108. The molecule has 1 aromatic carbocycles. The first-order valence-corrected chi connectivity index (χ1v) is 7.83. The minimum absolute atomic E-state index is 0.108. The molecule has 0 bridgehead atoms. The quantitative estimate of drug-likeness (QED) is 0.748. The molecule has 1 atom stereocenters. The minimum Gasteiger partial charge on any atom is -0.337 e. The number of thioether (sulfide) groups is 1. The molecule has 0 saturated carbocycles. The summed E-state index contributed by atoms with van der Waals surface area (Å²) in [6.07, 6.45) is 0. The summed E-state index contributed by atoms with van der Waals surface area (Å²) in [6.45, 7) is 10.2. The summed E-state index contributed by atoms with van der Waals surface area (Å²) >= 11 is 7.52. The van der Waals surface area contributed by atoms with Gasteiger partial charge in [0.05, 0.1) is 5.25 Å². The maximum Gasteiger partial charge on any atom is 0.236 e. The van der Waals surface area contributed by atoms with Crippen LogP contribution in [-0.2, 0) is 4.79 Å². The summed E-state index contributed by atoms with van der Waals surface area (Å²) in [6, 6.07) is 8.06. The van der Waals surface area contributed by atoms with Gasteiger partial charge in [0.1, 0.15) is 0 Å². The zero-order valence-electron chi connectivity index (χ0n) is 12.2. The van der Waals surface area contributed by atoms with Crippen molar-refractivity contribution in [2.24, 2.45) is 0 Å². The van der Waals surface area contributed by atoms with Crippen molar-refractivity contribution in [2.75, 3.05) is 0 Å². The Morgan fingerprint density at radius 1 is 1.16 bits per heavy atom. The number of hydrogen-bond acceptors (Lipinski definition) is 2. The Bertz CT molecular complexity index is 426. The number of carbonyl (C=O) groups is 1. The summed E-state index contributed by atoms with van der Waals surface area (Å²) < 4.78 is 0. The molecule has 19 heavy (non-hydrogen) atoms. The number of carbonyl (C=O) groups excluding carboxylic acids is 1. The molecule has 0 aliphatic heterocycles. The fourth-order valence-corrected chi connectivity index (χ4v) is 3.35. The van der Waals surface area contributed by atoms with Gasteiger partial charge in [-0.15, -0.1) is 11.8 Å². The van der Waals surface area contributed by atoms with E-state index in [1.165, 1.54) is 0 Å². The van der Waals surface area contributed by atoms with Crippen LogP contribution in [0.2, 0.25) is 5.02 Å². The Morgan fingerprint density at radius 2 is 1.74 bits per heavy atom. The second-order valence-electron chi connectivity index (χ2n) is 5.15. The smallest absolute Gasteiger partial charge is 0.236 e. The second-order valence-corrected chi connectivity index (χ2v) is 7.00. The number of amides is 1. The fraction of sp³-hybridized carbons (Fsp3) is 0.533. The molecule has 106 valence electrons. The van der Waals surface area contributed by atoms with E-state index in [-0.39, 0.29) is 23.2 Å². The average Bonchev–Trinajstić information content (AvgIpc) is 2.27. The van der Waals surface area contributed by atoms with Crippen LogP contribution in [0.1, 0.15) is 34.6 Å². The van der Waals surface area contributed by atoms with Gasteiger partial charge >= 0.3 is 0 Å². The largest absolute Gasteiger partial charge is 0.337 e. The van der Waals surface area contributed by atoms with Gasteiger partial charge in [-0.3, -0.25) is 4.79 Å². The molecule has 0 fully saturated rings. The standard InChI is InChI=1S/C15H22ClNOS/c1-10(2)17(11(3)4)15(18)12(5)19-14-8-6-7-13(16)9-14/h6-12H,1-5H3. The lowest BCUT2D eigenvalue weighted by Crippen LogP contribution is -2.45. The maximum atomic E-state index is 12.5. The van der Waals surface area contributed by atoms with Gasteiger partial charge in [-0.05, 0) is 52.8 Å². The van der Waals surface area contributed by atoms with Crippen LogP contribution < -0.4 is 0 Å². The maximum absolute atomic E-state index is 12.5. The van der Waals surface area contributed by atoms with Crippen molar-refractivity contribution in [1.29, 1.82) is 0 Å². The molecule has 1 unspecified atom stereocenters. The lowest BCUT2D eigenvalue weighted by Gasteiger charge is -2.33.